The number of para-hydroxylation sites is 1. The maximum atomic E-state index is 11.1. The van der Waals surface area contributed by atoms with Gasteiger partial charge < -0.3 is 18.9 Å². The molecule has 0 N–H and O–H groups in total. The van der Waals surface area contributed by atoms with Crippen LogP contribution in [-0.4, -0.2) is 54.2 Å². The molecule has 0 aliphatic heterocycles. The third-order valence-corrected chi connectivity index (χ3v) is 3.55. The van der Waals surface area contributed by atoms with Crippen LogP contribution < -0.4 is 4.74 Å². The quantitative estimate of drug-likeness (QED) is 0.232. The highest BCUT2D eigenvalue weighted by Crippen LogP contribution is 2.09. The van der Waals surface area contributed by atoms with Gasteiger partial charge in [0.1, 0.15) is 25.3 Å². The van der Waals surface area contributed by atoms with Crippen molar-refractivity contribution in [2.75, 3.05) is 39.7 Å². The Labute approximate surface area is 136 Å². The van der Waals surface area contributed by atoms with Crippen LogP contribution in [-0.2, 0) is 28.5 Å². The van der Waals surface area contributed by atoms with E-state index in [1.165, 1.54) is 0 Å². The van der Waals surface area contributed by atoms with Gasteiger partial charge in [-0.1, -0.05) is 24.3 Å². The van der Waals surface area contributed by atoms with Gasteiger partial charge in [-0.15, -0.1) is 6.58 Å². The summed E-state index contributed by atoms with van der Waals surface area (Å²) in [6.45, 7) is 4.22. The van der Waals surface area contributed by atoms with E-state index >= 15 is 0 Å². The molecule has 7 nitrogen and oxygen atoms in total. The molecule has 1 rings (SSSR count). The molecule has 8 heteroatoms. The van der Waals surface area contributed by atoms with Crippen LogP contribution in [0.1, 0.15) is 0 Å². The minimum Gasteiger partial charge on any atom is -0.491 e. The Morgan fingerprint density at radius 1 is 1.17 bits per heavy atom. The van der Waals surface area contributed by atoms with Crippen LogP contribution in [0.25, 0.3) is 0 Å². The number of hydrogen-bond acceptors (Lipinski definition) is 7. The summed E-state index contributed by atoms with van der Waals surface area (Å²) in [6.07, 6.45) is 1.21. The summed E-state index contributed by atoms with van der Waals surface area (Å²) in [4.78, 5) is 0. The Kier molecular flexibility index (Phi) is 9.49. The molecule has 0 bridgehead atoms. The van der Waals surface area contributed by atoms with E-state index in [1.54, 1.807) is 6.08 Å². The molecule has 0 aliphatic carbocycles. The molecule has 0 aromatic heterocycles. The molecule has 1 aromatic carbocycles. The molecule has 0 aliphatic rings. The Morgan fingerprint density at radius 2 is 1.91 bits per heavy atom. The third kappa shape index (κ3) is 9.32. The van der Waals surface area contributed by atoms with E-state index in [2.05, 4.69) is 10.8 Å². The largest absolute Gasteiger partial charge is 0.491 e. The lowest BCUT2D eigenvalue weighted by Gasteiger charge is -2.18. The molecule has 1 unspecified atom stereocenters. The first kappa shape index (κ1) is 19.6. The smallest absolute Gasteiger partial charge is 0.291 e. The number of benzene rings is 1. The summed E-state index contributed by atoms with van der Waals surface area (Å²) in [6, 6.07) is 9.25. The lowest BCUT2D eigenvalue weighted by Crippen LogP contribution is -2.29. The Bertz CT molecular complexity index is 530. The fourth-order valence-electron chi connectivity index (χ4n) is 1.46. The first-order valence-corrected chi connectivity index (χ1v) is 8.49. The summed E-state index contributed by atoms with van der Waals surface area (Å²) in [7, 11) is -2.60. The van der Waals surface area contributed by atoms with E-state index in [0.29, 0.717) is 12.4 Å². The highest BCUT2D eigenvalue weighted by Gasteiger charge is 2.13. The van der Waals surface area contributed by atoms with Crippen molar-refractivity contribution in [3.8, 4) is 5.75 Å². The standard InChI is InChI=1S/C15H22O7S/c1-3-9-19-10-15(11-21-14-7-5-4-6-8-14)22-12-20-13-23(16,17)18-2/h3-8,15H,1,9-13H2,2H3. The predicted molar refractivity (Wildman–Crippen MR) is 84.6 cm³/mol. The first-order valence-electron chi connectivity index (χ1n) is 6.91. The SMILES string of the molecule is C=CCOCC(COc1ccccc1)OCOCS(=O)(=O)OC. The molecule has 23 heavy (non-hydrogen) atoms. The maximum absolute atomic E-state index is 11.1. The van der Waals surface area contributed by atoms with Gasteiger partial charge in [0.15, 0.2) is 5.94 Å². The van der Waals surface area contributed by atoms with E-state index in [9.17, 15) is 8.42 Å². The minimum absolute atomic E-state index is 0.219. The number of ether oxygens (including phenoxy) is 4. The maximum Gasteiger partial charge on any atom is 0.291 e. The van der Waals surface area contributed by atoms with Crippen molar-refractivity contribution in [2.45, 2.75) is 6.10 Å². The van der Waals surface area contributed by atoms with Gasteiger partial charge in [0, 0.05) is 0 Å². The molecule has 0 radical (unpaired) electrons. The monoisotopic (exact) mass is 346 g/mol. The van der Waals surface area contributed by atoms with Crippen molar-refractivity contribution >= 4 is 10.1 Å². The van der Waals surface area contributed by atoms with Gasteiger partial charge >= 0.3 is 0 Å². The normalized spacial score (nSPS) is 12.7. The molecule has 130 valence electrons. The van der Waals surface area contributed by atoms with Gasteiger partial charge in [-0.2, -0.15) is 8.42 Å². The van der Waals surface area contributed by atoms with Crippen LogP contribution in [0.5, 0.6) is 5.75 Å². The van der Waals surface area contributed by atoms with Crippen LogP contribution in [0.15, 0.2) is 43.0 Å². The van der Waals surface area contributed by atoms with Crippen LogP contribution >= 0.6 is 0 Å². The van der Waals surface area contributed by atoms with Crippen LogP contribution in [0, 0.1) is 0 Å². The van der Waals surface area contributed by atoms with Gasteiger partial charge in [-0.3, -0.25) is 4.18 Å². The summed E-state index contributed by atoms with van der Waals surface area (Å²) >= 11 is 0. The summed E-state index contributed by atoms with van der Waals surface area (Å²) in [5.41, 5.74) is 0. The molecule has 0 saturated heterocycles. The zero-order valence-corrected chi connectivity index (χ0v) is 13.9. The molecule has 1 aromatic rings. The molecule has 0 heterocycles. The van der Waals surface area contributed by atoms with Crippen LogP contribution in [0.2, 0.25) is 0 Å². The van der Waals surface area contributed by atoms with Crippen molar-refractivity contribution in [1.82, 2.24) is 0 Å². The lowest BCUT2D eigenvalue weighted by molar-refractivity contribution is -0.111. The van der Waals surface area contributed by atoms with E-state index < -0.39 is 22.2 Å². The molecule has 0 saturated carbocycles. The second-order valence-electron chi connectivity index (χ2n) is 4.40. The highest BCUT2D eigenvalue weighted by atomic mass is 32.2. The van der Waals surface area contributed by atoms with Gasteiger partial charge in [0.25, 0.3) is 10.1 Å². The molecular weight excluding hydrogens is 324 g/mol. The lowest BCUT2D eigenvalue weighted by atomic mass is 10.3. The van der Waals surface area contributed by atoms with Gasteiger partial charge in [-0.25, -0.2) is 0 Å². The fraction of sp³-hybridized carbons (Fsp3) is 0.467. The van der Waals surface area contributed by atoms with Gasteiger partial charge in [0.05, 0.1) is 20.3 Å². The van der Waals surface area contributed by atoms with E-state index in [-0.39, 0.29) is 20.0 Å². The van der Waals surface area contributed by atoms with Gasteiger partial charge in [-0.05, 0) is 12.1 Å². The zero-order valence-electron chi connectivity index (χ0n) is 13.1. The topological polar surface area (TPSA) is 80.3 Å². The summed E-state index contributed by atoms with van der Waals surface area (Å²) in [5.74, 6) is 0.121. The van der Waals surface area contributed by atoms with Crippen molar-refractivity contribution in [2.24, 2.45) is 0 Å². The molecule has 0 fully saturated rings. The highest BCUT2D eigenvalue weighted by molar-refractivity contribution is 7.86. The summed E-state index contributed by atoms with van der Waals surface area (Å²) in [5, 5.41) is 0. The minimum atomic E-state index is -3.67. The van der Waals surface area contributed by atoms with Crippen molar-refractivity contribution in [1.29, 1.82) is 0 Å². The zero-order chi connectivity index (χ0) is 17.0. The molecule has 0 spiro atoms. The molecular formula is C15H22O7S. The second-order valence-corrected chi connectivity index (χ2v) is 6.09. The fourth-order valence-corrected chi connectivity index (χ4v) is 1.83. The molecule has 0 amide bonds. The summed E-state index contributed by atoms with van der Waals surface area (Å²) < 4.78 is 47.7. The van der Waals surface area contributed by atoms with E-state index in [0.717, 1.165) is 7.11 Å². The van der Waals surface area contributed by atoms with E-state index in [1.807, 2.05) is 30.3 Å². The average Bonchev–Trinajstić information content (AvgIpc) is 2.57. The molecule has 1 atom stereocenters. The Morgan fingerprint density at radius 3 is 2.57 bits per heavy atom. The predicted octanol–water partition coefficient (Wildman–Crippen LogP) is 1.56. The number of rotatable bonds is 13. The second kappa shape index (κ2) is 11.1. The van der Waals surface area contributed by atoms with Crippen molar-refractivity contribution in [3.05, 3.63) is 43.0 Å². The van der Waals surface area contributed by atoms with Gasteiger partial charge in [0.2, 0.25) is 0 Å². The number of hydrogen-bond donors (Lipinski definition) is 0. The van der Waals surface area contributed by atoms with Crippen LogP contribution in [0.4, 0.5) is 0 Å². The first-order chi connectivity index (χ1) is 11.1. The van der Waals surface area contributed by atoms with E-state index in [4.69, 9.17) is 18.9 Å². The Hall–Kier alpha value is -1.45. The average molecular weight is 346 g/mol. The third-order valence-electron chi connectivity index (χ3n) is 2.59. The van der Waals surface area contributed by atoms with Crippen molar-refractivity contribution < 1.29 is 31.5 Å². The van der Waals surface area contributed by atoms with Crippen molar-refractivity contribution in [3.63, 3.8) is 0 Å². The Balaban J connectivity index is 2.37. The van der Waals surface area contributed by atoms with Crippen LogP contribution in [0.3, 0.4) is 0 Å².